The van der Waals surface area contributed by atoms with Crippen molar-refractivity contribution in [2.75, 3.05) is 32.7 Å². The standard InChI is InChI=1S/C27H43N3O/c1-5-30(6-2,20-22(3)4)27(24-13-8-7-9-14-24)17-15-26(16-18-27)21-28-25(31)29(26)19-23-11-10-12-23/h7-9,13-14,22-23H,5-6,10-12,15-21H2,1-4H3/p+1. The zero-order valence-corrected chi connectivity index (χ0v) is 20.3. The molecule has 4 heteroatoms. The molecule has 1 aliphatic heterocycles. The molecule has 1 spiro atoms. The molecule has 2 saturated carbocycles. The van der Waals surface area contributed by atoms with E-state index in [2.05, 4.69) is 68.2 Å². The van der Waals surface area contributed by atoms with Crippen molar-refractivity contribution in [3.8, 4) is 0 Å². The number of benzene rings is 1. The van der Waals surface area contributed by atoms with Gasteiger partial charge in [-0.1, -0.05) is 50.6 Å². The molecule has 0 radical (unpaired) electrons. The molecule has 1 N–H and O–H groups in total. The summed E-state index contributed by atoms with van der Waals surface area (Å²) < 4.78 is 1.16. The van der Waals surface area contributed by atoms with Crippen LogP contribution < -0.4 is 5.32 Å². The Labute approximate surface area is 190 Å². The largest absolute Gasteiger partial charge is 0.336 e. The van der Waals surface area contributed by atoms with Crippen molar-refractivity contribution in [1.82, 2.24) is 10.2 Å². The minimum Gasteiger partial charge on any atom is -0.336 e. The molecule has 0 atom stereocenters. The van der Waals surface area contributed by atoms with E-state index >= 15 is 0 Å². The van der Waals surface area contributed by atoms with Gasteiger partial charge in [-0.2, -0.15) is 0 Å². The van der Waals surface area contributed by atoms with Gasteiger partial charge in [0.25, 0.3) is 0 Å². The first-order valence-corrected chi connectivity index (χ1v) is 12.9. The molecule has 0 unspecified atom stereocenters. The Morgan fingerprint density at radius 3 is 2.23 bits per heavy atom. The molecule has 0 bridgehead atoms. The molecule has 1 heterocycles. The number of amides is 2. The number of rotatable bonds is 8. The highest BCUT2D eigenvalue weighted by Gasteiger charge is 2.58. The van der Waals surface area contributed by atoms with Crippen LogP contribution in [0.15, 0.2) is 30.3 Å². The minimum atomic E-state index is 0.0277. The smallest absolute Gasteiger partial charge is 0.318 e. The molecule has 1 aromatic rings. The lowest BCUT2D eigenvalue weighted by Gasteiger charge is -2.58. The van der Waals surface area contributed by atoms with Crippen LogP contribution in [0.3, 0.4) is 0 Å². The zero-order valence-electron chi connectivity index (χ0n) is 20.3. The molecule has 3 fully saturated rings. The monoisotopic (exact) mass is 426 g/mol. The Hall–Kier alpha value is -1.55. The molecule has 1 saturated heterocycles. The first kappa shape index (κ1) is 22.6. The molecule has 3 aliphatic rings. The highest BCUT2D eigenvalue weighted by atomic mass is 16.2. The van der Waals surface area contributed by atoms with Gasteiger partial charge >= 0.3 is 6.03 Å². The van der Waals surface area contributed by atoms with Gasteiger partial charge in [0.2, 0.25) is 0 Å². The van der Waals surface area contributed by atoms with Crippen LogP contribution in [0.5, 0.6) is 0 Å². The Bertz CT molecular complexity index is 743. The number of hydrogen-bond acceptors (Lipinski definition) is 1. The highest BCUT2D eigenvalue weighted by molar-refractivity contribution is 5.78. The quantitative estimate of drug-likeness (QED) is 0.544. The summed E-state index contributed by atoms with van der Waals surface area (Å²) in [5.41, 5.74) is 1.69. The van der Waals surface area contributed by atoms with Gasteiger partial charge < -0.3 is 14.7 Å². The van der Waals surface area contributed by atoms with Crippen molar-refractivity contribution in [3.05, 3.63) is 35.9 Å². The normalized spacial score (nSPS) is 29.5. The van der Waals surface area contributed by atoms with E-state index in [9.17, 15) is 4.79 Å². The van der Waals surface area contributed by atoms with Crippen molar-refractivity contribution >= 4 is 6.03 Å². The van der Waals surface area contributed by atoms with E-state index < -0.39 is 0 Å². The Kier molecular flexibility index (Phi) is 6.40. The predicted octanol–water partition coefficient (Wildman–Crippen LogP) is 5.53. The van der Waals surface area contributed by atoms with E-state index in [4.69, 9.17) is 0 Å². The van der Waals surface area contributed by atoms with Crippen molar-refractivity contribution < 1.29 is 9.28 Å². The molecule has 4 nitrogen and oxygen atoms in total. The van der Waals surface area contributed by atoms with Crippen molar-refractivity contribution in [2.24, 2.45) is 11.8 Å². The number of hydrogen-bond donors (Lipinski definition) is 1. The Morgan fingerprint density at radius 2 is 1.71 bits per heavy atom. The number of carbonyl (C=O) groups is 1. The second-order valence-electron chi connectivity index (χ2n) is 11.0. The molecule has 2 aliphatic carbocycles. The van der Waals surface area contributed by atoms with Gasteiger partial charge in [-0.25, -0.2) is 4.79 Å². The van der Waals surface area contributed by atoms with Crippen LogP contribution in [-0.4, -0.2) is 53.7 Å². The fourth-order valence-electron chi connectivity index (χ4n) is 7.18. The summed E-state index contributed by atoms with van der Waals surface area (Å²) in [6.07, 6.45) is 8.51. The summed E-state index contributed by atoms with van der Waals surface area (Å²) in [7, 11) is 0. The van der Waals surface area contributed by atoms with Gasteiger partial charge in [-0.15, -0.1) is 0 Å². The summed E-state index contributed by atoms with van der Waals surface area (Å²) in [4.78, 5) is 15.1. The average Bonchev–Trinajstić information content (AvgIpc) is 3.05. The topological polar surface area (TPSA) is 32.3 Å². The zero-order chi connectivity index (χ0) is 22.1. The van der Waals surface area contributed by atoms with E-state index in [0.717, 1.165) is 36.3 Å². The van der Waals surface area contributed by atoms with Crippen LogP contribution in [0.4, 0.5) is 4.79 Å². The number of carbonyl (C=O) groups excluding carboxylic acids is 1. The van der Waals surface area contributed by atoms with E-state index in [-0.39, 0.29) is 17.1 Å². The van der Waals surface area contributed by atoms with Crippen molar-refractivity contribution in [2.45, 2.75) is 83.7 Å². The fraction of sp³-hybridized carbons (Fsp3) is 0.741. The van der Waals surface area contributed by atoms with Gasteiger partial charge in [0.05, 0.1) is 25.2 Å². The van der Waals surface area contributed by atoms with Crippen LogP contribution in [0.25, 0.3) is 0 Å². The van der Waals surface area contributed by atoms with Gasteiger partial charge in [0.1, 0.15) is 5.54 Å². The van der Waals surface area contributed by atoms with Crippen LogP contribution >= 0.6 is 0 Å². The summed E-state index contributed by atoms with van der Waals surface area (Å²) in [6, 6.07) is 11.5. The first-order valence-electron chi connectivity index (χ1n) is 12.9. The third-order valence-corrected chi connectivity index (χ3v) is 9.20. The van der Waals surface area contributed by atoms with Crippen LogP contribution in [0.2, 0.25) is 0 Å². The number of quaternary nitrogens is 1. The molecular weight excluding hydrogens is 382 g/mol. The van der Waals surface area contributed by atoms with E-state index in [1.165, 1.54) is 57.3 Å². The van der Waals surface area contributed by atoms with E-state index in [1.807, 2.05) is 0 Å². The van der Waals surface area contributed by atoms with Crippen molar-refractivity contribution in [3.63, 3.8) is 0 Å². The maximum absolute atomic E-state index is 12.8. The molecule has 172 valence electrons. The minimum absolute atomic E-state index is 0.0277. The second-order valence-corrected chi connectivity index (χ2v) is 11.0. The molecule has 0 aromatic heterocycles. The van der Waals surface area contributed by atoms with Crippen LogP contribution in [-0.2, 0) is 5.54 Å². The highest BCUT2D eigenvalue weighted by Crippen LogP contribution is 2.52. The third-order valence-electron chi connectivity index (χ3n) is 9.20. The molecule has 31 heavy (non-hydrogen) atoms. The molecular formula is C27H44N3O+. The molecule has 4 rings (SSSR count). The predicted molar refractivity (Wildman–Crippen MR) is 128 cm³/mol. The number of nitrogens with zero attached hydrogens (tertiary/aromatic N) is 2. The second kappa shape index (κ2) is 8.77. The maximum atomic E-state index is 12.8. The van der Waals surface area contributed by atoms with Crippen LogP contribution in [0, 0.1) is 11.8 Å². The lowest BCUT2D eigenvalue weighted by atomic mass is 9.66. The lowest BCUT2D eigenvalue weighted by molar-refractivity contribution is -0.985. The lowest BCUT2D eigenvalue weighted by Crippen LogP contribution is -2.67. The summed E-state index contributed by atoms with van der Waals surface area (Å²) in [5, 5.41) is 3.23. The maximum Gasteiger partial charge on any atom is 0.318 e. The molecule has 2 amide bonds. The van der Waals surface area contributed by atoms with Gasteiger partial charge in [0, 0.05) is 37.4 Å². The Morgan fingerprint density at radius 1 is 1.06 bits per heavy atom. The number of nitrogens with one attached hydrogen (secondary N) is 1. The van der Waals surface area contributed by atoms with Gasteiger partial charge in [-0.3, -0.25) is 0 Å². The first-order chi connectivity index (χ1) is 14.9. The summed E-state index contributed by atoms with van der Waals surface area (Å²) in [6.45, 7) is 14.9. The van der Waals surface area contributed by atoms with Gasteiger partial charge in [0.15, 0.2) is 0 Å². The third kappa shape index (κ3) is 3.79. The summed E-state index contributed by atoms with van der Waals surface area (Å²) in [5.74, 6) is 1.39. The van der Waals surface area contributed by atoms with Crippen molar-refractivity contribution in [1.29, 1.82) is 0 Å². The SMILES string of the molecule is CC[N+](CC)(CC(C)C)C1(c2ccccc2)CCC2(CC1)CNC(=O)N2CC1CCC1. The number of urea groups is 1. The fourth-order valence-corrected chi connectivity index (χ4v) is 7.18. The van der Waals surface area contributed by atoms with Gasteiger partial charge in [-0.05, 0) is 45.4 Å². The van der Waals surface area contributed by atoms with E-state index in [1.54, 1.807) is 0 Å². The average molecular weight is 427 g/mol. The Balaban J connectivity index is 1.67. The van der Waals surface area contributed by atoms with Crippen LogP contribution in [0.1, 0.15) is 78.2 Å². The summed E-state index contributed by atoms with van der Waals surface area (Å²) >= 11 is 0. The van der Waals surface area contributed by atoms with E-state index in [0.29, 0.717) is 5.92 Å². The molecule has 1 aromatic carbocycles.